The van der Waals surface area contributed by atoms with E-state index in [0.29, 0.717) is 0 Å². The van der Waals surface area contributed by atoms with Crippen LogP contribution in [0.5, 0.6) is 0 Å². The summed E-state index contributed by atoms with van der Waals surface area (Å²) >= 11 is 0. The van der Waals surface area contributed by atoms with E-state index >= 15 is 0 Å². The van der Waals surface area contributed by atoms with Crippen LogP contribution in [-0.4, -0.2) is 89.9 Å². The summed E-state index contributed by atoms with van der Waals surface area (Å²) in [4.78, 5) is 98.0. The summed E-state index contributed by atoms with van der Waals surface area (Å²) in [6.45, 7) is 0. The smallest absolute Gasteiger partial charge is 0.0582 e. The van der Waals surface area contributed by atoms with Crippen LogP contribution in [0.15, 0.2) is 0 Å². The van der Waals surface area contributed by atoms with Crippen LogP contribution in [0, 0.1) is 0 Å². The van der Waals surface area contributed by atoms with Gasteiger partial charge in [-0.05, 0) is 64.2 Å². The van der Waals surface area contributed by atoms with E-state index in [1.807, 2.05) is 0 Å². The second-order valence-corrected chi connectivity index (χ2v) is 9.18. The van der Waals surface area contributed by atoms with Gasteiger partial charge in [-0.1, -0.05) is 0 Å². The fourth-order valence-electron chi connectivity index (χ4n) is 1.96. The van der Waals surface area contributed by atoms with E-state index < -0.39 is 89.9 Å². The van der Waals surface area contributed by atoms with Crippen molar-refractivity contribution in [1.29, 1.82) is 0 Å². The zero-order valence-electron chi connectivity index (χ0n) is 26.9. The molecule has 0 aromatic carbocycles. The topological polar surface area (TPSA) is 531 Å². The van der Waals surface area contributed by atoms with Crippen molar-refractivity contribution in [3.05, 3.63) is 0 Å². The minimum Gasteiger partial charge on any atom is -0.550 e. The molecule has 0 aliphatic carbocycles. The van der Waals surface area contributed by atoms with Gasteiger partial charge in [0.1, 0.15) is 0 Å². The number of nitrogens with two attached hydrogens (primary N) is 5. The van der Waals surface area contributed by atoms with E-state index in [4.69, 9.17) is 28.7 Å². The Bertz CT molecular complexity index is 933. The van der Waals surface area contributed by atoms with Crippen molar-refractivity contribution in [2.24, 2.45) is 28.7 Å². The summed E-state index contributed by atoms with van der Waals surface area (Å²) in [6, 6.07) is -6.05. The van der Waals surface area contributed by atoms with E-state index in [0.717, 1.165) is 0 Å². The zero-order valence-corrected chi connectivity index (χ0v) is 29.7. The van der Waals surface area contributed by atoms with Gasteiger partial charge in [-0.2, -0.15) is 0 Å². The number of carbonyl (C=O) groups is 10. The Hall–Kier alpha value is -4.33. The quantitative estimate of drug-likeness (QED) is 0.0760. The Labute approximate surface area is 318 Å². The molecule has 0 rings (SSSR count). The van der Waals surface area contributed by atoms with E-state index in [1.165, 1.54) is 0 Å². The second-order valence-electron chi connectivity index (χ2n) is 9.18. The molecule has 0 aliphatic rings. The van der Waals surface area contributed by atoms with Gasteiger partial charge in [-0.3, -0.25) is 0 Å². The number of hydrogen-bond donors (Lipinski definition) is 5. The molecule has 0 fully saturated rings. The van der Waals surface area contributed by atoms with Gasteiger partial charge in [-0.25, -0.2) is 0 Å². The van der Waals surface area contributed by atoms with Crippen LogP contribution in [0.25, 0.3) is 0 Å². The normalized spacial score (nSPS) is 12.0. The summed E-state index contributed by atoms with van der Waals surface area (Å²) in [7, 11) is 0. The van der Waals surface area contributed by atoms with Crippen molar-refractivity contribution in [3.63, 3.8) is 0 Å². The van der Waals surface area contributed by atoms with Crippen molar-refractivity contribution in [3.8, 4) is 0 Å². The molecule has 52 heavy (non-hydrogen) atoms. The second kappa shape index (κ2) is 37.9. The van der Waals surface area contributed by atoms with Gasteiger partial charge in [0, 0.05) is 97.2 Å². The van der Waals surface area contributed by atoms with Crippen molar-refractivity contribution in [1.82, 2.24) is 0 Å². The van der Waals surface area contributed by atoms with Crippen LogP contribution in [0.4, 0.5) is 0 Å². The first kappa shape index (κ1) is 62.8. The number of rotatable bonds is 20. The zero-order chi connectivity index (χ0) is 40.7. The SMILES string of the molecule is N[C@@H](CCC(=O)[O-])C(=O)[O-].N[C@@H](CCC(=O)[O-])C(=O)[O-].N[C@@H](CCC(=O)[O-])C(=O)[O-].N[C@@H](CCC(=O)[O-])C(=O)[O-].N[C@@H](CCC(=O)[O-])C(=O)[O-].[V].[V]. The summed E-state index contributed by atoms with van der Waals surface area (Å²) in [6.07, 6.45) is -2.50. The molecule has 0 spiro atoms. The first-order chi connectivity index (χ1) is 22.7. The molecule has 0 aliphatic heterocycles. The van der Waals surface area contributed by atoms with E-state index in [9.17, 15) is 99.0 Å². The molecule has 0 amide bonds. The average Bonchev–Trinajstić information content (AvgIpc) is 2.99. The summed E-state index contributed by atoms with van der Waals surface area (Å²) in [5, 5.41) is 98.0. The molecule has 27 heteroatoms. The van der Waals surface area contributed by atoms with Gasteiger partial charge in [0.2, 0.25) is 0 Å². The van der Waals surface area contributed by atoms with Gasteiger partial charge in [-0.15, -0.1) is 0 Å². The molecule has 0 heterocycles. The fraction of sp³-hybridized carbons (Fsp3) is 0.600. The Morgan fingerprint density at radius 1 is 0.288 bits per heavy atom. The molecule has 0 saturated carbocycles. The Morgan fingerprint density at radius 3 is 0.442 bits per heavy atom. The average molecular weight is 827 g/mol. The number of hydrogen-bond acceptors (Lipinski definition) is 25. The van der Waals surface area contributed by atoms with Crippen LogP contribution in [0.1, 0.15) is 64.2 Å². The third kappa shape index (κ3) is 55.1. The monoisotopic (exact) mass is 827 g/mol. The number of carboxylic acid groups (broad SMARTS) is 10. The maximum atomic E-state index is 9.86. The van der Waals surface area contributed by atoms with Crippen LogP contribution in [-0.2, 0) is 85.1 Å². The van der Waals surface area contributed by atoms with E-state index in [1.54, 1.807) is 0 Å². The van der Waals surface area contributed by atoms with Crippen molar-refractivity contribution in [2.75, 3.05) is 0 Å². The molecule has 10 N–H and O–H groups in total. The molecule has 5 atom stereocenters. The summed E-state index contributed by atoms with van der Waals surface area (Å²) in [5.41, 5.74) is 24.6. The largest absolute Gasteiger partial charge is 0.550 e. The maximum Gasteiger partial charge on any atom is 0.0582 e. The number of carbonyl (C=O) groups excluding carboxylic acids is 10. The molecule has 0 bridgehead atoms. The van der Waals surface area contributed by atoms with Crippen molar-refractivity contribution < 1.29 is 136 Å². The Kier molecular flexibility index (Phi) is 45.8. The van der Waals surface area contributed by atoms with Gasteiger partial charge in [0.25, 0.3) is 0 Å². The van der Waals surface area contributed by atoms with E-state index in [2.05, 4.69) is 0 Å². The maximum absolute atomic E-state index is 9.86. The molecule has 300 valence electrons. The van der Waals surface area contributed by atoms with Crippen LogP contribution in [0.3, 0.4) is 0 Å². The number of carboxylic acids is 10. The van der Waals surface area contributed by atoms with Gasteiger partial charge >= 0.3 is 0 Å². The molecule has 25 nitrogen and oxygen atoms in total. The van der Waals surface area contributed by atoms with Crippen LogP contribution in [0.2, 0.25) is 0 Å². The summed E-state index contributed by atoms with van der Waals surface area (Å²) in [5.74, 6) is -13.8. The van der Waals surface area contributed by atoms with Gasteiger partial charge in [0.05, 0.1) is 29.8 Å². The van der Waals surface area contributed by atoms with E-state index in [-0.39, 0.29) is 101 Å². The molecule has 2 radical (unpaired) electrons. The summed E-state index contributed by atoms with van der Waals surface area (Å²) < 4.78 is 0. The molecular weight excluding hydrogens is 792 g/mol. The standard InChI is InChI=1S/5C5H9NO4.2V/c5*6-3(5(9)10)1-2-4(7)8;;/h5*3H,1-2,6H2,(H,7,8)(H,9,10);;/p-10/t5*3-;;/m00000../s1. The minimum absolute atomic E-state index is 0. The number of aliphatic carboxylic acids is 10. The van der Waals surface area contributed by atoms with Crippen LogP contribution >= 0.6 is 0 Å². The minimum atomic E-state index is -1.44. The predicted molar refractivity (Wildman–Crippen MR) is 136 cm³/mol. The van der Waals surface area contributed by atoms with Crippen LogP contribution < -0.4 is 79.7 Å². The van der Waals surface area contributed by atoms with Gasteiger partial charge < -0.3 is 128 Å². The predicted octanol–water partition coefficient (Wildman–Crippen LogP) is -17.0. The Balaban J connectivity index is -0.0000000964. The van der Waals surface area contributed by atoms with Crippen molar-refractivity contribution >= 4 is 59.7 Å². The first-order valence-corrected chi connectivity index (χ1v) is 13.5. The third-order valence-corrected chi connectivity index (χ3v) is 4.81. The molecule has 0 saturated heterocycles. The molecular formula is C25H35N5O20V2-10. The molecule has 0 aromatic heterocycles. The Morgan fingerprint density at radius 2 is 0.385 bits per heavy atom. The first-order valence-electron chi connectivity index (χ1n) is 13.5. The molecule has 0 aromatic rings. The third-order valence-electron chi connectivity index (χ3n) is 4.81. The fourth-order valence-corrected chi connectivity index (χ4v) is 1.96. The molecule has 0 unspecified atom stereocenters. The van der Waals surface area contributed by atoms with Crippen molar-refractivity contribution in [2.45, 2.75) is 94.4 Å². The van der Waals surface area contributed by atoms with Gasteiger partial charge in [0.15, 0.2) is 0 Å².